The predicted molar refractivity (Wildman–Crippen MR) is 102 cm³/mol. The number of hydrogen-bond donors (Lipinski definition) is 1. The summed E-state index contributed by atoms with van der Waals surface area (Å²) in [4.78, 5) is 45.6. The van der Waals surface area contributed by atoms with Crippen LogP contribution in [0.2, 0.25) is 0 Å². The van der Waals surface area contributed by atoms with E-state index in [0.717, 1.165) is 20.8 Å². The predicted octanol–water partition coefficient (Wildman–Crippen LogP) is 2.10. The lowest BCUT2D eigenvalue weighted by atomic mass is 10.0. The number of hydrogen-bond acceptors (Lipinski definition) is 10. The molecule has 0 aliphatic rings. The van der Waals surface area contributed by atoms with Crippen LogP contribution >= 0.6 is 34.8 Å². The molecule has 166 valence electrons. The van der Waals surface area contributed by atoms with Crippen LogP contribution < -0.4 is 0 Å². The molecule has 0 saturated heterocycles. The van der Waals surface area contributed by atoms with Gasteiger partial charge in [0.05, 0.1) is 6.61 Å². The van der Waals surface area contributed by atoms with Gasteiger partial charge < -0.3 is 23.7 Å². The topological polar surface area (TPSA) is 138 Å². The van der Waals surface area contributed by atoms with Crippen LogP contribution in [0.1, 0.15) is 34.1 Å². The smallest absolute Gasteiger partial charge is 0.303 e. The molecule has 29 heavy (non-hydrogen) atoms. The van der Waals surface area contributed by atoms with Gasteiger partial charge in [0.25, 0.3) is 3.79 Å². The van der Waals surface area contributed by atoms with Crippen LogP contribution in [0.4, 0.5) is 0 Å². The zero-order valence-electron chi connectivity index (χ0n) is 16.2. The van der Waals surface area contributed by atoms with Crippen molar-refractivity contribution in [2.45, 2.75) is 56.2 Å². The molecule has 10 nitrogen and oxygen atoms in total. The maximum Gasteiger partial charge on any atom is 0.303 e. The SMILES string of the molecule is CC(=O)OCC[C@@H](OC(C)=O)C(OC(C)=O)[C@H](COC(=N)C(Cl)(Cl)Cl)OC(C)=O. The third kappa shape index (κ3) is 12.4. The Labute approximate surface area is 182 Å². The Balaban J connectivity index is 5.67. The molecule has 0 saturated carbocycles. The van der Waals surface area contributed by atoms with Gasteiger partial charge in [-0.2, -0.15) is 0 Å². The first-order chi connectivity index (χ1) is 13.2. The summed E-state index contributed by atoms with van der Waals surface area (Å²) in [6.45, 7) is 3.72. The molecular formula is C16H22Cl3NO9. The number of esters is 4. The number of alkyl halides is 3. The Morgan fingerprint density at radius 1 is 0.793 bits per heavy atom. The first-order valence-corrected chi connectivity index (χ1v) is 9.31. The molecule has 13 heteroatoms. The van der Waals surface area contributed by atoms with E-state index in [2.05, 4.69) is 0 Å². The van der Waals surface area contributed by atoms with Crippen LogP contribution in [0.15, 0.2) is 0 Å². The van der Waals surface area contributed by atoms with E-state index in [1.54, 1.807) is 0 Å². The van der Waals surface area contributed by atoms with E-state index in [0.29, 0.717) is 0 Å². The van der Waals surface area contributed by atoms with Gasteiger partial charge in [-0.15, -0.1) is 0 Å². The second-order valence-corrected chi connectivity index (χ2v) is 7.92. The Morgan fingerprint density at radius 3 is 1.69 bits per heavy atom. The number of nitrogens with one attached hydrogen (secondary N) is 1. The third-order valence-corrected chi connectivity index (χ3v) is 3.54. The van der Waals surface area contributed by atoms with Crippen molar-refractivity contribution >= 4 is 64.6 Å². The molecule has 0 amide bonds. The van der Waals surface area contributed by atoms with Crippen molar-refractivity contribution in [1.82, 2.24) is 0 Å². The summed E-state index contributed by atoms with van der Waals surface area (Å²) in [5, 5.41) is 7.57. The fourth-order valence-corrected chi connectivity index (χ4v) is 2.23. The second-order valence-electron chi connectivity index (χ2n) is 5.64. The van der Waals surface area contributed by atoms with Gasteiger partial charge in [0, 0.05) is 34.1 Å². The quantitative estimate of drug-likeness (QED) is 0.164. The molecule has 0 bridgehead atoms. The van der Waals surface area contributed by atoms with Crippen molar-refractivity contribution in [3.05, 3.63) is 0 Å². The van der Waals surface area contributed by atoms with E-state index in [9.17, 15) is 19.2 Å². The van der Waals surface area contributed by atoms with Crippen LogP contribution in [-0.2, 0) is 42.9 Å². The minimum atomic E-state index is -2.18. The molecule has 3 atom stereocenters. The van der Waals surface area contributed by atoms with Crippen molar-refractivity contribution in [3.8, 4) is 0 Å². The van der Waals surface area contributed by atoms with E-state index in [1.807, 2.05) is 0 Å². The van der Waals surface area contributed by atoms with E-state index in [-0.39, 0.29) is 13.0 Å². The van der Waals surface area contributed by atoms with Gasteiger partial charge >= 0.3 is 23.9 Å². The molecule has 0 aromatic carbocycles. The summed E-state index contributed by atoms with van der Waals surface area (Å²) < 4.78 is 23.1. The van der Waals surface area contributed by atoms with Gasteiger partial charge in [-0.25, -0.2) is 0 Å². The van der Waals surface area contributed by atoms with Gasteiger partial charge in [-0.1, -0.05) is 34.8 Å². The molecule has 0 aromatic rings. The summed E-state index contributed by atoms with van der Waals surface area (Å²) in [5.74, 6) is -3.64. The van der Waals surface area contributed by atoms with Crippen LogP contribution in [-0.4, -0.2) is 65.1 Å². The van der Waals surface area contributed by atoms with Crippen LogP contribution in [0.5, 0.6) is 0 Å². The zero-order chi connectivity index (χ0) is 22.8. The highest BCUT2D eigenvalue weighted by Crippen LogP contribution is 2.28. The van der Waals surface area contributed by atoms with Crippen molar-refractivity contribution in [1.29, 1.82) is 5.41 Å². The monoisotopic (exact) mass is 477 g/mol. The number of carbonyl (C=O) groups is 4. The fraction of sp³-hybridized carbons (Fsp3) is 0.688. The highest BCUT2D eigenvalue weighted by Gasteiger charge is 2.39. The highest BCUT2D eigenvalue weighted by molar-refractivity contribution is 6.76. The Hall–Kier alpha value is -1.78. The summed E-state index contributed by atoms with van der Waals surface area (Å²) in [7, 11) is 0. The molecule has 0 heterocycles. The molecule has 0 rings (SSSR count). The minimum Gasteiger partial charge on any atom is -0.474 e. The first-order valence-electron chi connectivity index (χ1n) is 8.17. The fourth-order valence-electron chi connectivity index (χ4n) is 2.06. The summed E-state index contributed by atoms with van der Waals surface area (Å²) in [6, 6.07) is 0. The Bertz CT molecular complexity index is 621. The number of halogens is 3. The largest absolute Gasteiger partial charge is 0.474 e. The van der Waals surface area contributed by atoms with Gasteiger partial charge in [0.2, 0.25) is 5.90 Å². The molecule has 0 aliphatic carbocycles. The number of carbonyl (C=O) groups excluding carboxylic acids is 4. The van der Waals surface area contributed by atoms with Gasteiger partial charge in [0.15, 0.2) is 12.2 Å². The van der Waals surface area contributed by atoms with Crippen LogP contribution in [0.25, 0.3) is 0 Å². The van der Waals surface area contributed by atoms with Crippen molar-refractivity contribution in [3.63, 3.8) is 0 Å². The number of ether oxygens (including phenoxy) is 5. The standard InChI is InChI=1S/C16H22Cl3NO9/c1-8(21)25-6-5-12(27-9(2)22)14(29-11(4)24)13(28-10(3)23)7-26-15(20)16(17,18)19/h12-14,20H,5-7H2,1-4H3/t12-,13+,14?/m1/s1. The number of rotatable bonds is 10. The maximum atomic E-state index is 11.6. The lowest BCUT2D eigenvalue weighted by molar-refractivity contribution is -0.187. The molecule has 0 radical (unpaired) electrons. The molecular weight excluding hydrogens is 457 g/mol. The molecule has 0 fully saturated rings. The highest BCUT2D eigenvalue weighted by atomic mass is 35.6. The minimum absolute atomic E-state index is 0.0865. The molecule has 0 aliphatic heterocycles. The lowest BCUT2D eigenvalue weighted by Gasteiger charge is -2.32. The zero-order valence-corrected chi connectivity index (χ0v) is 18.4. The van der Waals surface area contributed by atoms with Crippen LogP contribution in [0, 0.1) is 5.41 Å². The summed E-state index contributed by atoms with van der Waals surface area (Å²) >= 11 is 16.6. The average Bonchev–Trinajstić information content (AvgIpc) is 2.53. The third-order valence-electron chi connectivity index (χ3n) is 3.03. The van der Waals surface area contributed by atoms with Gasteiger partial charge in [-0.3, -0.25) is 24.6 Å². The summed E-state index contributed by atoms with van der Waals surface area (Å²) in [6.07, 6.45) is -3.97. The molecule has 1 unspecified atom stereocenters. The van der Waals surface area contributed by atoms with E-state index >= 15 is 0 Å². The van der Waals surface area contributed by atoms with E-state index < -0.39 is 58.5 Å². The molecule has 0 spiro atoms. The second kappa shape index (κ2) is 12.7. The van der Waals surface area contributed by atoms with Gasteiger partial charge in [-0.05, 0) is 0 Å². The summed E-state index contributed by atoms with van der Waals surface area (Å²) in [5.41, 5.74) is 0. The average molecular weight is 479 g/mol. The normalized spacial score (nSPS) is 14.0. The van der Waals surface area contributed by atoms with E-state index in [4.69, 9.17) is 63.9 Å². The Kier molecular flexibility index (Phi) is 11.9. The van der Waals surface area contributed by atoms with Crippen LogP contribution in [0.3, 0.4) is 0 Å². The first kappa shape index (κ1) is 27.2. The van der Waals surface area contributed by atoms with Crippen molar-refractivity contribution in [2.24, 2.45) is 0 Å². The van der Waals surface area contributed by atoms with E-state index in [1.165, 1.54) is 6.92 Å². The molecule has 0 aromatic heterocycles. The van der Waals surface area contributed by atoms with Crippen molar-refractivity contribution < 1.29 is 42.9 Å². The van der Waals surface area contributed by atoms with Gasteiger partial charge in [0.1, 0.15) is 12.7 Å². The molecule has 1 N–H and O–H groups in total. The van der Waals surface area contributed by atoms with Crippen molar-refractivity contribution in [2.75, 3.05) is 13.2 Å². The maximum absolute atomic E-state index is 11.6. The lowest BCUT2D eigenvalue weighted by Crippen LogP contribution is -2.48. The Morgan fingerprint density at radius 2 is 1.28 bits per heavy atom.